The second-order valence-electron chi connectivity index (χ2n) is 6.07. The molecule has 136 valence electrons. The highest BCUT2D eigenvalue weighted by molar-refractivity contribution is 5.87. The summed E-state index contributed by atoms with van der Waals surface area (Å²) in [4.78, 5) is 11.5. The molecule has 0 saturated heterocycles. The third-order valence-electron chi connectivity index (χ3n) is 3.98. The van der Waals surface area contributed by atoms with E-state index in [1.54, 1.807) is 45.0 Å². The van der Waals surface area contributed by atoms with Gasteiger partial charge in [-0.2, -0.15) is 0 Å². The van der Waals surface area contributed by atoms with Gasteiger partial charge in [-0.3, -0.25) is 0 Å². The van der Waals surface area contributed by atoms with Crippen molar-refractivity contribution < 1.29 is 18.7 Å². The third kappa shape index (κ3) is 4.82. The standard InChI is InChI=1S/C22H23FO3/c1-6-17-7-8-19(13-21(17)23)18-9-11-20(12-10-18)25-15(4)16(5)26-22(24)14(2)3/h7-13H,2,6H2,1,3-5H3/b16-15+. The number of carbonyl (C=O) groups is 1. The molecule has 26 heavy (non-hydrogen) atoms. The lowest BCUT2D eigenvalue weighted by Gasteiger charge is -2.11. The van der Waals surface area contributed by atoms with Crippen LogP contribution in [0, 0.1) is 5.82 Å². The number of hydrogen-bond donors (Lipinski definition) is 0. The van der Waals surface area contributed by atoms with Gasteiger partial charge in [0.1, 0.15) is 23.1 Å². The van der Waals surface area contributed by atoms with E-state index in [1.807, 2.05) is 25.1 Å². The first-order chi connectivity index (χ1) is 12.3. The molecular weight excluding hydrogens is 331 g/mol. The molecule has 0 saturated carbocycles. The largest absolute Gasteiger partial charge is 0.459 e. The fourth-order valence-electron chi connectivity index (χ4n) is 2.28. The van der Waals surface area contributed by atoms with Crippen LogP contribution < -0.4 is 4.74 Å². The summed E-state index contributed by atoms with van der Waals surface area (Å²) in [5.74, 6) is 0.769. The summed E-state index contributed by atoms with van der Waals surface area (Å²) in [6.45, 7) is 10.4. The van der Waals surface area contributed by atoms with Gasteiger partial charge in [-0.15, -0.1) is 0 Å². The number of aryl methyl sites for hydroxylation is 1. The van der Waals surface area contributed by atoms with Gasteiger partial charge < -0.3 is 9.47 Å². The zero-order valence-electron chi connectivity index (χ0n) is 15.6. The molecule has 2 rings (SSSR count). The lowest BCUT2D eigenvalue weighted by molar-refractivity contribution is -0.135. The molecule has 2 aromatic carbocycles. The van der Waals surface area contributed by atoms with Gasteiger partial charge in [0.25, 0.3) is 0 Å². The fourth-order valence-corrected chi connectivity index (χ4v) is 2.28. The Labute approximate surface area is 153 Å². The predicted octanol–water partition coefficient (Wildman–Crippen LogP) is 5.80. The highest BCUT2D eigenvalue weighted by Gasteiger charge is 2.09. The first-order valence-electron chi connectivity index (χ1n) is 8.43. The number of benzene rings is 2. The van der Waals surface area contributed by atoms with E-state index in [9.17, 15) is 9.18 Å². The molecule has 3 nitrogen and oxygen atoms in total. The number of carbonyl (C=O) groups excluding carboxylic acids is 1. The van der Waals surface area contributed by atoms with Crippen LogP contribution in [-0.4, -0.2) is 5.97 Å². The van der Waals surface area contributed by atoms with Crippen LogP contribution in [0.25, 0.3) is 11.1 Å². The number of rotatable bonds is 6. The average molecular weight is 354 g/mol. The van der Waals surface area contributed by atoms with Crippen molar-refractivity contribution in [1.29, 1.82) is 0 Å². The Morgan fingerprint density at radius 1 is 1.00 bits per heavy atom. The van der Waals surface area contributed by atoms with Gasteiger partial charge in [0.05, 0.1) is 0 Å². The monoisotopic (exact) mass is 354 g/mol. The summed E-state index contributed by atoms with van der Waals surface area (Å²) >= 11 is 0. The van der Waals surface area contributed by atoms with E-state index in [2.05, 4.69) is 6.58 Å². The summed E-state index contributed by atoms with van der Waals surface area (Å²) in [7, 11) is 0. The Bertz CT molecular complexity index is 848. The number of halogens is 1. The molecule has 0 aromatic heterocycles. The smallest absolute Gasteiger partial charge is 0.338 e. The summed E-state index contributed by atoms with van der Waals surface area (Å²) in [6.07, 6.45) is 0.666. The van der Waals surface area contributed by atoms with Crippen LogP contribution in [0.2, 0.25) is 0 Å². The van der Waals surface area contributed by atoms with Gasteiger partial charge in [0, 0.05) is 5.57 Å². The molecule has 0 amide bonds. The van der Waals surface area contributed by atoms with E-state index in [0.717, 1.165) is 11.1 Å². The summed E-state index contributed by atoms with van der Waals surface area (Å²) in [5, 5.41) is 0. The molecule has 0 aliphatic rings. The molecule has 0 unspecified atom stereocenters. The van der Waals surface area contributed by atoms with E-state index in [-0.39, 0.29) is 5.82 Å². The first kappa shape index (κ1) is 19.4. The predicted molar refractivity (Wildman–Crippen MR) is 101 cm³/mol. The van der Waals surface area contributed by atoms with Crippen molar-refractivity contribution in [3.8, 4) is 16.9 Å². The molecule has 0 aliphatic carbocycles. The van der Waals surface area contributed by atoms with E-state index in [1.165, 1.54) is 0 Å². The van der Waals surface area contributed by atoms with Crippen LogP contribution in [0.15, 0.2) is 66.1 Å². The lowest BCUT2D eigenvalue weighted by atomic mass is 10.0. The topological polar surface area (TPSA) is 35.5 Å². The van der Waals surface area contributed by atoms with Crippen molar-refractivity contribution in [2.45, 2.75) is 34.1 Å². The Hall–Kier alpha value is -2.88. The van der Waals surface area contributed by atoms with Gasteiger partial charge in [0.15, 0.2) is 0 Å². The molecule has 0 fully saturated rings. The van der Waals surface area contributed by atoms with E-state index >= 15 is 0 Å². The summed E-state index contributed by atoms with van der Waals surface area (Å²) < 4.78 is 24.8. The van der Waals surface area contributed by atoms with E-state index in [4.69, 9.17) is 9.47 Å². The molecule has 0 atom stereocenters. The highest BCUT2D eigenvalue weighted by Crippen LogP contribution is 2.25. The van der Waals surface area contributed by atoms with Crippen molar-refractivity contribution in [2.24, 2.45) is 0 Å². The molecule has 0 spiro atoms. The molecule has 4 heteroatoms. The quantitative estimate of drug-likeness (QED) is 0.373. The molecule has 0 N–H and O–H groups in total. The van der Waals surface area contributed by atoms with Crippen molar-refractivity contribution in [2.75, 3.05) is 0 Å². The molecule has 0 bridgehead atoms. The van der Waals surface area contributed by atoms with Crippen molar-refractivity contribution >= 4 is 5.97 Å². The van der Waals surface area contributed by atoms with Crippen LogP contribution in [0.1, 0.15) is 33.3 Å². The minimum Gasteiger partial charge on any atom is -0.459 e. The Balaban J connectivity index is 2.13. The Kier molecular flexibility index (Phi) is 6.34. The number of esters is 1. The Morgan fingerprint density at radius 2 is 1.62 bits per heavy atom. The lowest BCUT2D eigenvalue weighted by Crippen LogP contribution is -2.06. The maximum Gasteiger partial charge on any atom is 0.338 e. The number of ether oxygens (including phenoxy) is 2. The van der Waals surface area contributed by atoms with Crippen molar-refractivity contribution in [3.63, 3.8) is 0 Å². The first-order valence-corrected chi connectivity index (χ1v) is 8.43. The molecule has 0 radical (unpaired) electrons. The van der Waals surface area contributed by atoms with Gasteiger partial charge in [-0.05, 0) is 62.1 Å². The van der Waals surface area contributed by atoms with E-state index in [0.29, 0.717) is 34.8 Å². The molecular formula is C22H23FO3. The van der Waals surface area contributed by atoms with E-state index < -0.39 is 5.97 Å². The van der Waals surface area contributed by atoms with Crippen LogP contribution >= 0.6 is 0 Å². The second-order valence-corrected chi connectivity index (χ2v) is 6.07. The fraction of sp³-hybridized carbons (Fsp3) is 0.227. The molecule has 2 aromatic rings. The zero-order chi connectivity index (χ0) is 19.3. The van der Waals surface area contributed by atoms with Crippen LogP contribution in [0.4, 0.5) is 4.39 Å². The average Bonchev–Trinajstić information content (AvgIpc) is 2.62. The number of hydrogen-bond acceptors (Lipinski definition) is 3. The second kappa shape index (κ2) is 8.48. The van der Waals surface area contributed by atoms with Crippen LogP contribution in [0.3, 0.4) is 0 Å². The zero-order valence-corrected chi connectivity index (χ0v) is 15.6. The van der Waals surface area contributed by atoms with Crippen molar-refractivity contribution in [1.82, 2.24) is 0 Å². The maximum absolute atomic E-state index is 14.0. The Morgan fingerprint density at radius 3 is 2.15 bits per heavy atom. The van der Waals surface area contributed by atoms with Gasteiger partial charge in [-0.25, -0.2) is 9.18 Å². The molecule has 0 heterocycles. The van der Waals surface area contributed by atoms with Gasteiger partial charge in [0.2, 0.25) is 0 Å². The highest BCUT2D eigenvalue weighted by atomic mass is 19.1. The summed E-state index contributed by atoms with van der Waals surface area (Å²) in [5.41, 5.74) is 2.73. The third-order valence-corrected chi connectivity index (χ3v) is 3.98. The maximum atomic E-state index is 14.0. The van der Waals surface area contributed by atoms with Crippen LogP contribution in [-0.2, 0) is 16.0 Å². The summed E-state index contributed by atoms with van der Waals surface area (Å²) in [6, 6.07) is 12.6. The van der Waals surface area contributed by atoms with Gasteiger partial charge in [-0.1, -0.05) is 37.8 Å². The van der Waals surface area contributed by atoms with Crippen molar-refractivity contribution in [3.05, 3.63) is 77.5 Å². The minimum atomic E-state index is -0.488. The normalized spacial score (nSPS) is 11.6. The minimum absolute atomic E-state index is 0.195. The van der Waals surface area contributed by atoms with Crippen LogP contribution in [0.5, 0.6) is 5.75 Å². The number of allylic oxidation sites excluding steroid dienone is 2. The SMILES string of the molecule is C=C(C)C(=O)O/C(C)=C(\C)Oc1ccc(-c2ccc(CC)c(F)c2)cc1. The molecule has 0 aliphatic heterocycles. The van der Waals surface area contributed by atoms with Gasteiger partial charge >= 0.3 is 5.97 Å².